The van der Waals surface area contributed by atoms with E-state index in [0.717, 1.165) is 28.4 Å². The van der Waals surface area contributed by atoms with E-state index in [1.807, 2.05) is 24.3 Å². The minimum absolute atomic E-state index is 0.149. The third kappa shape index (κ3) is 8.08. The zero-order valence-corrected chi connectivity index (χ0v) is 20.2. The van der Waals surface area contributed by atoms with Crippen LogP contribution in [0.2, 0.25) is 0 Å². The van der Waals surface area contributed by atoms with Gasteiger partial charge in [0.1, 0.15) is 5.82 Å². The number of carbonyl (C=O) groups excluding carboxylic acids is 2. The SMILES string of the molecule is O=C(I)/C(=C\C(=C/CI)c1ccncc1)C(=O)CCCCCc1ccccc1F. The van der Waals surface area contributed by atoms with Crippen LogP contribution in [-0.4, -0.2) is 19.0 Å². The zero-order chi connectivity index (χ0) is 21.1. The Morgan fingerprint density at radius 2 is 1.76 bits per heavy atom. The number of allylic oxidation sites excluding steroid dienone is 4. The van der Waals surface area contributed by atoms with E-state index in [9.17, 15) is 14.0 Å². The Bertz CT molecular complexity index is 895. The number of aryl methyl sites for hydroxylation is 1. The lowest BCUT2D eigenvalue weighted by atomic mass is 9.99. The summed E-state index contributed by atoms with van der Waals surface area (Å²) in [5, 5.41) is 0. The van der Waals surface area contributed by atoms with E-state index in [1.165, 1.54) is 6.07 Å². The van der Waals surface area contributed by atoms with Gasteiger partial charge in [-0.15, -0.1) is 0 Å². The molecule has 0 unspecified atom stereocenters. The lowest BCUT2D eigenvalue weighted by Crippen LogP contribution is -2.08. The summed E-state index contributed by atoms with van der Waals surface area (Å²) in [6.45, 7) is 0. The summed E-state index contributed by atoms with van der Waals surface area (Å²) >= 11 is 3.90. The van der Waals surface area contributed by atoms with Crippen molar-refractivity contribution in [2.75, 3.05) is 4.43 Å². The number of unbranched alkanes of at least 4 members (excludes halogenated alkanes) is 2. The van der Waals surface area contributed by atoms with Crippen LogP contribution in [-0.2, 0) is 16.0 Å². The van der Waals surface area contributed by atoms with Crippen LogP contribution in [0.25, 0.3) is 5.57 Å². The molecule has 0 aliphatic rings. The van der Waals surface area contributed by atoms with Gasteiger partial charge >= 0.3 is 0 Å². The highest BCUT2D eigenvalue weighted by molar-refractivity contribution is 14.1. The topological polar surface area (TPSA) is 47.0 Å². The summed E-state index contributed by atoms with van der Waals surface area (Å²) in [4.78, 5) is 28.7. The minimum atomic E-state index is -0.257. The van der Waals surface area contributed by atoms with Crippen LogP contribution in [0, 0.1) is 5.82 Å². The maximum absolute atomic E-state index is 13.6. The highest BCUT2D eigenvalue weighted by atomic mass is 127. The van der Waals surface area contributed by atoms with Crippen LogP contribution in [0.1, 0.15) is 36.8 Å². The smallest absolute Gasteiger partial charge is 0.225 e. The predicted molar refractivity (Wildman–Crippen MR) is 132 cm³/mol. The Hall–Kier alpha value is -1.42. The second-order valence-electron chi connectivity index (χ2n) is 6.46. The first kappa shape index (κ1) is 23.9. The molecule has 0 saturated heterocycles. The molecule has 152 valence electrons. The summed E-state index contributed by atoms with van der Waals surface area (Å²) in [5.41, 5.74) is 2.68. The number of halogens is 3. The van der Waals surface area contributed by atoms with Gasteiger partial charge in [-0.25, -0.2) is 4.39 Å². The Balaban J connectivity index is 1.96. The Labute approximate surface area is 198 Å². The molecular weight excluding hydrogens is 595 g/mol. The average Bonchev–Trinajstić information content (AvgIpc) is 2.72. The van der Waals surface area contributed by atoms with Gasteiger partial charge in [0, 0.05) is 45.8 Å². The van der Waals surface area contributed by atoms with Crippen LogP contribution < -0.4 is 0 Å². The quantitative estimate of drug-likeness (QED) is 0.0435. The normalized spacial score (nSPS) is 12.1. The van der Waals surface area contributed by atoms with Crippen molar-refractivity contribution in [1.82, 2.24) is 4.98 Å². The number of ketones is 1. The van der Waals surface area contributed by atoms with Gasteiger partial charge in [-0.05, 0) is 60.2 Å². The monoisotopic (exact) mass is 617 g/mol. The number of rotatable bonds is 11. The lowest BCUT2D eigenvalue weighted by molar-refractivity contribution is -0.118. The van der Waals surface area contributed by atoms with Crippen LogP contribution in [0.4, 0.5) is 4.39 Å². The number of alkyl halides is 1. The average molecular weight is 617 g/mol. The summed E-state index contributed by atoms with van der Waals surface area (Å²) in [6.07, 6.45) is 10.3. The molecule has 0 bridgehead atoms. The molecule has 0 fully saturated rings. The van der Waals surface area contributed by atoms with E-state index in [0.29, 0.717) is 24.8 Å². The fraction of sp³-hybridized carbons (Fsp3) is 0.261. The largest absolute Gasteiger partial charge is 0.294 e. The number of carbonyl (C=O) groups is 2. The van der Waals surface area contributed by atoms with Gasteiger partial charge in [0.25, 0.3) is 0 Å². The third-order valence-electron chi connectivity index (χ3n) is 4.43. The molecular formula is C23H22FI2NO2. The molecule has 2 aromatic rings. The number of pyridine rings is 1. The zero-order valence-electron chi connectivity index (χ0n) is 15.9. The van der Waals surface area contributed by atoms with Crippen molar-refractivity contribution >= 4 is 60.3 Å². The standard InChI is InChI=1S/C23H22FI2NO2/c24-21-8-5-4-7-18(21)6-2-1-3-9-22(28)20(23(26)29)16-19(10-13-25)17-11-14-27-15-12-17/h4-5,7-8,10-12,14-16H,1-3,6,9,13H2/b19-10+,20-16-. The van der Waals surface area contributed by atoms with Gasteiger partial charge < -0.3 is 0 Å². The van der Waals surface area contributed by atoms with E-state index in [2.05, 4.69) is 27.6 Å². The van der Waals surface area contributed by atoms with Crippen LogP contribution in [0.5, 0.6) is 0 Å². The minimum Gasteiger partial charge on any atom is -0.294 e. The van der Waals surface area contributed by atoms with E-state index in [4.69, 9.17) is 0 Å². The Morgan fingerprint density at radius 3 is 2.41 bits per heavy atom. The molecule has 6 heteroatoms. The van der Waals surface area contributed by atoms with Gasteiger partial charge in [0.05, 0.1) is 5.57 Å². The summed E-state index contributed by atoms with van der Waals surface area (Å²) in [6, 6.07) is 10.5. The van der Waals surface area contributed by atoms with E-state index in [-0.39, 0.29) is 21.0 Å². The second kappa shape index (κ2) is 13.0. The summed E-state index contributed by atoms with van der Waals surface area (Å²) in [5.74, 6) is -0.335. The Morgan fingerprint density at radius 1 is 1.03 bits per heavy atom. The number of Topliss-reactive ketones (excluding diaryl/α,β-unsaturated/α-hetero) is 1. The molecule has 0 amide bonds. The maximum Gasteiger partial charge on any atom is 0.225 e. The number of hydrogen-bond donors (Lipinski definition) is 0. The van der Waals surface area contributed by atoms with Gasteiger partial charge in [-0.2, -0.15) is 0 Å². The van der Waals surface area contributed by atoms with Crippen molar-refractivity contribution in [3.8, 4) is 0 Å². The van der Waals surface area contributed by atoms with Crippen LogP contribution in [0.3, 0.4) is 0 Å². The molecule has 1 heterocycles. The van der Waals surface area contributed by atoms with E-state index >= 15 is 0 Å². The number of aromatic nitrogens is 1. The van der Waals surface area contributed by atoms with E-state index < -0.39 is 0 Å². The van der Waals surface area contributed by atoms with E-state index in [1.54, 1.807) is 53.2 Å². The van der Waals surface area contributed by atoms with Crippen molar-refractivity contribution in [3.05, 3.63) is 83.5 Å². The summed E-state index contributed by atoms with van der Waals surface area (Å²) in [7, 11) is 0. The fourth-order valence-electron chi connectivity index (χ4n) is 2.90. The first-order valence-electron chi connectivity index (χ1n) is 9.37. The van der Waals surface area contributed by atoms with Gasteiger partial charge in [-0.1, -0.05) is 53.3 Å². The molecule has 0 atom stereocenters. The van der Waals surface area contributed by atoms with Crippen LogP contribution in [0.15, 0.2) is 66.5 Å². The molecule has 1 aromatic carbocycles. The fourth-order valence-corrected chi connectivity index (χ4v) is 3.83. The number of hydrogen-bond acceptors (Lipinski definition) is 3. The van der Waals surface area contributed by atoms with Crippen molar-refractivity contribution in [1.29, 1.82) is 0 Å². The van der Waals surface area contributed by atoms with Gasteiger partial charge in [-0.3, -0.25) is 14.6 Å². The van der Waals surface area contributed by atoms with Crippen molar-refractivity contribution < 1.29 is 14.0 Å². The molecule has 0 radical (unpaired) electrons. The van der Waals surface area contributed by atoms with Crippen molar-refractivity contribution in [3.63, 3.8) is 0 Å². The molecule has 1 aromatic heterocycles. The number of benzene rings is 1. The lowest BCUT2D eigenvalue weighted by Gasteiger charge is -2.07. The summed E-state index contributed by atoms with van der Waals surface area (Å²) < 4.78 is 14.1. The Kier molecular flexibility index (Phi) is 10.7. The second-order valence-corrected chi connectivity index (χ2v) is 8.32. The molecule has 0 saturated carbocycles. The predicted octanol–water partition coefficient (Wildman–Crippen LogP) is 6.30. The first-order chi connectivity index (χ1) is 14.0. The molecule has 29 heavy (non-hydrogen) atoms. The molecule has 0 spiro atoms. The van der Waals surface area contributed by atoms with Crippen LogP contribution >= 0.6 is 45.2 Å². The molecule has 3 nitrogen and oxygen atoms in total. The maximum atomic E-state index is 13.6. The molecule has 0 N–H and O–H groups in total. The van der Waals surface area contributed by atoms with Crippen molar-refractivity contribution in [2.24, 2.45) is 0 Å². The van der Waals surface area contributed by atoms with Gasteiger partial charge in [0.15, 0.2) is 5.78 Å². The van der Waals surface area contributed by atoms with Crippen molar-refractivity contribution in [2.45, 2.75) is 32.1 Å². The third-order valence-corrected chi connectivity index (χ3v) is 5.45. The molecule has 0 aliphatic carbocycles. The highest BCUT2D eigenvalue weighted by Gasteiger charge is 2.16. The molecule has 2 rings (SSSR count). The number of nitrogens with zero attached hydrogens (tertiary/aromatic N) is 1. The first-order valence-corrected chi connectivity index (χ1v) is 12.0. The van der Waals surface area contributed by atoms with Gasteiger partial charge in [0.2, 0.25) is 3.79 Å². The highest BCUT2D eigenvalue weighted by Crippen LogP contribution is 2.21. The molecule has 0 aliphatic heterocycles.